The standard InChI is InChI=1S/C26H26N4OS/c1-29-13-15-30(16-14-29)26-28-23-12-11-22(18-24(23)32-26)27-25(31)17-19-7-9-21(10-8-19)20-5-3-2-4-6-20/h2-12,18H,13-17H2,1H3,(H,27,31). The SMILES string of the molecule is CN1CCN(c2nc3ccc(NC(=O)Cc4ccc(-c5ccccc5)cc4)cc3s2)CC1. The number of piperazine rings is 1. The number of likely N-dealkylation sites (N-methyl/N-ethyl adjacent to an activating group) is 1. The lowest BCUT2D eigenvalue weighted by atomic mass is 10.0. The monoisotopic (exact) mass is 442 g/mol. The molecule has 5 nitrogen and oxygen atoms in total. The van der Waals surface area contributed by atoms with Crippen molar-refractivity contribution in [2.75, 3.05) is 43.4 Å². The van der Waals surface area contributed by atoms with Crippen LogP contribution in [0.1, 0.15) is 5.56 Å². The molecule has 0 aliphatic carbocycles. The minimum Gasteiger partial charge on any atom is -0.345 e. The quantitative estimate of drug-likeness (QED) is 0.478. The number of nitrogens with one attached hydrogen (secondary N) is 1. The van der Waals surface area contributed by atoms with Crippen molar-refractivity contribution in [1.82, 2.24) is 9.88 Å². The maximum Gasteiger partial charge on any atom is 0.228 e. The number of hydrogen-bond acceptors (Lipinski definition) is 5. The second-order valence-electron chi connectivity index (χ2n) is 8.26. The number of anilines is 2. The van der Waals surface area contributed by atoms with Crippen LogP contribution in [0.2, 0.25) is 0 Å². The van der Waals surface area contributed by atoms with Crippen LogP contribution in [-0.4, -0.2) is 49.0 Å². The Morgan fingerprint density at radius 1 is 0.938 bits per heavy atom. The van der Waals surface area contributed by atoms with Gasteiger partial charge in [0.1, 0.15) is 0 Å². The second-order valence-corrected chi connectivity index (χ2v) is 9.27. The number of aromatic nitrogens is 1. The minimum absolute atomic E-state index is 0.0133. The predicted octanol–water partition coefficient (Wildman–Crippen LogP) is 4.90. The van der Waals surface area contributed by atoms with Crippen molar-refractivity contribution in [2.24, 2.45) is 0 Å². The van der Waals surface area contributed by atoms with Gasteiger partial charge in [0, 0.05) is 31.9 Å². The number of amides is 1. The average molecular weight is 443 g/mol. The van der Waals surface area contributed by atoms with Crippen molar-refractivity contribution < 1.29 is 4.79 Å². The molecule has 162 valence electrons. The van der Waals surface area contributed by atoms with Crippen LogP contribution < -0.4 is 10.2 Å². The van der Waals surface area contributed by atoms with E-state index in [0.29, 0.717) is 6.42 Å². The first kappa shape index (κ1) is 20.7. The zero-order valence-electron chi connectivity index (χ0n) is 18.1. The van der Waals surface area contributed by atoms with E-state index in [2.05, 4.69) is 46.4 Å². The van der Waals surface area contributed by atoms with Gasteiger partial charge in [-0.2, -0.15) is 0 Å². The van der Waals surface area contributed by atoms with Gasteiger partial charge in [0.25, 0.3) is 0 Å². The Balaban J connectivity index is 1.23. The van der Waals surface area contributed by atoms with Gasteiger partial charge in [-0.15, -0.1) is 0 Å². The minimum atomic E-state index is -0.0133. The molecule has 2 heterocycles. The van der Waals surface area contributed by atoms with E-state index < -0.39 is 0 Å². The molecule has 0 atom stereocenters. The molecule has 0 spiro atoms. The van der Waals surface area contributed by atoms with E-state index in [9.17, 15) is 4.79 Å². The van der Waals surface area contributed by atoms with Crippen molar-refractivity contribution in [3.8, 4) is 11.1 Å². The first-order chi connectivity index (χ1) is 15.6. The lowest BCUT2D eigenvalue weighted by Gasteiger charge is -2.31. The fraction of sp³-hybridized carbons (Fsp3) is 0.231. The van der Waals surface area contributed by atoms with Gasteiger partial charge in [-0.3, -0.25) is 4.79 Å². The van der Waals surface area contributed by atoms with Gasteiger partial charge in [-0.1, -0.05) is 65.9 Å². The Hall–Kier alpha value is -3.22. The van der Waals surface area contributed by atoms with Crippen molar-refractivity contribution >= 4 is 38.3 Å². The van der Waals surface area contributed by atoms with E-state index >= 15 is 0 Å². The average Bonchev–Trinajstić information content (AvgIpc) is 3.24. The Morgan fingerprint density at radius 3 is 2.41 bits per heavy atom. The molecule has 1 aliphatic rings. The first-order valence-corrected chi connectivity index (χ1v) is 11.7. The van der Waals surface area contributed by atoms with E-state index in [4.69, 9.17) is 4.98 Å². The van der Waals surface area contributed by atoms with Gasteiger partial charge in [0.05, 0.1) is 16.6 Å². The Kier molecular flexibility index (Phi) is 5.88. The molecule has 1 amide bonds. The summed E-state index contributed by atoms with van der Waals surface area (Å²) >= 11 is 1.69. The van der Waals surface area contributed by atoms with Gasteiger partial charge in [0.2, 0.25) is 5.91 Å². The topological polar surface area (TPSA) is 48.5 Å². The zero-order valence-corrected chi connectivity index (χ0v) is 18.9. The molecule has 1 N–H and O–H groups in total. The van der Waals surface area contributed by atoms with Crippen LogP contribution in [0, 0.1) is 0 Å². The highest BCUT2D eigenvalue weighted by Crippen LogP contribution is 2.31. The van der Waals surface area contributed by atoms with E-state index in [0.717, 1.165) is 58.3 Å². The first-order valence-electron chi connectivity index (χ1n) is 10.9. The van der Waals surface area contributed by atoms with Crippen LogP contribution >= 0.6 is 11.3 Å². The molecule has 1 aromatic heterocycles. The number of carbonyl (C=O) groups excluding carboxylic acids is 1. The molecule has 0 bridgehead atoms. The highest BCUT2D eigenvalue weighted by Gasteiger charge is 2.18. The predicted molar refractivity (Wildman–Crippen MR) is 134 cm³/mol. The van der Waals surface area contributed by atoms with Crippen LogP contribution in [0.25, 0.3) is 21.3 Å². The van der Waals surface area contributed by atoms with E-state index in [1.807, 2.05) is 48.5 Å². The van der Waals surface area contributed by atoms with E-state index in [1.54, 1.807) is 11.3 Å². The summed E-state index contributed by atoms with van der Waals surface area (Å²) in [5, 5.41) is 4.11. The van der Waals surface area contributed by atoms with Crippen LogP contribution in [0.4, 0.5) is 10.8 Å². The summed E-state index contributed by atoms with van der Waals surface area (Å²) in [6.45, 7) is 4.12. The van der Waals surface area contributed by atoms with E-state index in [1.165, 1.54) is 5.56 Å². The third-order valence-corrected chi connectivity index (χ3v) is 6.94. The summed E-state index contributed by atoms with van der Waals surface area (Å²) in [6, 6.07) is 24.4. The van der Waals surface area contributed by atoms with Crippen LogP contribution in [0.5, 0.6) is 0 Å². The third-order valence-electron chi connectivity index (χ3n) is 5.86. The molecule has 1 aliphatic heterocycles. The van der Waals surface area contributed by atoms with Gasteiger partial charge >= 0.3 is 0 Å². The summed E-state index contributed by atoms with van der Waals surface area (Å²) in [6.07, 6.45) is 0.350. The van der Waals surface area contributed by atoms with Crippen LogP contribution in [-0.2, 0) is 11.2 Å². The van der Waals surface area contributed by atoms with Gasteiger partial charge < -0.3 is 15.1 Å². The normalized spacial score (nSPS) is 14.6. The smallest absolute Gasteiger partial charge is 0.228 e. The summed E-state index contributed by atoms with van der Waals surface area (Å²) in [5.41, 5.74) is 5.13. The maximum atomic E-state index is 12.6. The van der Waals surface area contributed by atoms with Crippen molar-refractivity contribution in [3.63, 3.8) is 0 Å². The molecule has 5 rings (SSSR count). The van der Waals surface area contributed by atoms with Crippen molar-refractivity contribution in [2.45, 2.75) is 6.42 Å². The highest BCUT2D eigenvalue weighted by atomic mass is 32.1. The summed E-state index contributed by atoms with van der Waals surface area (Å²) in [5.74, 6) is -0.0133. The number of rotatable bonds is 5. The summed E-state index contributed by atoms with van der Waals surface area (Å²) < 4.78 is 1.10. The van der Waals surface area contributed by atoms with Gasteiger partial charge in [-0.05, 0) is 41.9 Å². The molecule has 3 aromatic carbocycles. The number of fused-ring (bicyclic) bond motifs is 1. The van der Waals surface area contributed by atoms with Crippen LogP contribution in [0.3, 0.4) is 0 Å². The molecular weight excluding hydrogens is 416 g/mol. The van der Waals surface area contributed by atoms with Crippen LogP contribution in [0.15, 0.2) is 72.8 Å². The van der Waals surface area contributed by atoms with Gasteiger partial charge in [-0.25, -0.2) is 4.98 Å². The van der Waals surface area contributed by atoms with E-state index in [-0.39, 0.29) is 5.91 Å². The number of nitrogens with zero attached hydrogens (tertiary/aromatic N) is 3. The molecule has 0 radical (unpaired) electrons. The fourth-order valence-electron chi connectivity index (χ4n) is 3.96. The lowest BCUT2D eigenvalue weighted by molar-refractivity contribution is -0.115. The zero-order chi connectivity index (χ0) is 21.9. The Labute approximate surface area is 192 Å². The number of benzene rings is 3. The molecule has 1 saturated heterocycles. The molecule has 32 heavy (non-hydrogen) atoms. The number of thiazole rings is 1. The lowest BCUT2D eigenvalue weighted by Crippen LogP contribution is -2.44. The van der Waals surface area contributed by atoms with Crippen molar-refractivity contribution in [3.05, 3.63) is 78.4 Å². The molecule has 1 fully saturated rings. The van der Waals surface area contributed by atoms with Crippen molar-refractivity contribution in [1.29, 1.82) is 0 Å². The molecule has 0 saturated carbocycles. The Bertz CT molecular complexity index is 1210. The second kappa shape index (κ2) is 9.10. The number of hydrogen-bond donors (Lipinski definition) is 1. The fourth-order valence-corrected chi connectivity index (χ4v) is 5.02. The Morgan fingerprint density at radius 2 is 1.66 bits per heavy atom. The number of carbonyl (C=O) groups is 1. The maximum absolute atomic E-state index is 12.6. The summed E-state index contributed by atoms with van der Waals surface area (Å²) in [4.78, 5) is 22.1. The molecular formula is C26H26N4OS. The van der Waals surface area contributed by atoms with Gasteiger partial charge in [0.15, 0.2) is 5.13 Å². The molecule has 0 unspecified atom stereocenters. The molecule has 4 aromatic rings. The summed E-state index contributed by atoms with van der Waals surface area (Å²) in [7, 11) is 2.16. The largest absolute Gasteiger partial charge is 0.345 e. The third kappa shape index (κ3) is 4.66. The molecule has 6 heteroatoms. The highest BCUT2D eigenvalue weighted by molar-refractivity contribution is 7.22.